The normalized spacial score (nSPS) is 11.3. The Bertz CT molecular complexity index is 1170. The molecule has 0 saturated carbocycles. The molecule has 29 heavy (non-hydrogen) atoms. The topological polar surface area (TPSA) is 103 Å². The second-order valence-corrected chi connectivity index (χ2v) is 6.31. The summed E-state index contributed by atoms with van der Waals surface area (Å²) in [5, 5.41) is 4.48. The number of fused-ring (bicyclic) bond motifs is 1. The molecule has 1 aromatic carbocycles. The highest BCUT2D eigenvalue weighted by molar-refractivity contribution is 6.03. The fourth-order valence-electron chi connectivity index (χ4n) is 2.84. The third-order valence-electron chi connectivity index (χ3n) is 4.37. The summed E-state index contributed by atoms with van der Waals surface area (Å²) in [7, 11) is 1.75. The molecule has 148 valence electrons. The zero-order chi connectivity index (χ0) is 21.0. The van der Waals surface area contributed by atoms with E-state index in [1.807, 2.05) is 0 Å². The third kappa shape index (κ3) is 4.21. The second-order valence-electron chi connectivity index (χ2n) is 6.31. The Morgan fingerprint density at radius 3 is 2.59 bits per heavy atom. The van der Waals surface area contributed by atoms with Crippen molar-refractivity contribution in [3.05, 3.63) is 75.8 Å². The van der Waals surface area contributed by atoms with Gasteiger partial charge in [0, 0.05) is 36.6 Å². The van der Waals surface area contributed by atoms with E-state index in [-0.39, 0.29) is 18.1 Å². The summed E-state index contributed by atoms with van der Waals surface area (Å²) in [6.45, 7) is 3.58. The van der Waals surface area contributed by atoms with Crippen molar-refractivity contribution in [1.29, 1.82) is 0 Å². The highest BCUT2D eigenvalue weighted by Crippen LogP contribution is 2.15. The molecule has 2 aromatic heterocycles. The number of nitrogens with one attached hydrogen (secondary N) is 1. The molecule has 0 aliphatic heterocycles. The van der Waals surface area contributed by atoms with Gasteiger partial charge in [-0.15, -0.1) is 0 Å². The predicted molar refractivity (Wildman–Crippen MR) is 109 cm³/mol. The van der Waals surface area contributed by atoms with Crippen molar-refractivity contribution < 1.29 is 14.3 Å². The second kappa shape index (κ2) is 8.47. The van der Waals surface area contributed by atoms with Crippen molar-refractivity contribution >= 4 is 28.5 Å². The van der Waals surface area contributed by atoms with E-state index in [0.717, 1.165) is 0 Å². The monoisotopic (exact) mass is 392 g/mol. The number of carbonyl (C=O) groups excluding carboxylic acids is 2. The first-order chi connectivity index (χ1) is 13.9. The van der Waals surface area contributed by atoms with Crippen molar-refractivity contribution in [2.24, 2.45) is 12.1 Å². The lowest BCUT2D eigenvalue weighted by Gasteiger charge is -2.10. The Labute approximate surface area is 166 Å². The number of amides is 1. The van der Waals surface area contributed by atoms with Crippen LogP contribution in [0, 0.1) is 0 Å². The van der Waals surface area contributed by atoms with Gasteiger partial charge in [0.2, 0.25) is 5.43 Å². The van der Waals surface area contributed by atoms with E-state index in [1.54, 1.807) is 55.8 Å². The minimum atomic E-state index is -0.657. The molecule has 8 nitrogen and oxygen atoms in total. The standard InChI is InChI=1S/C21H20N4O4/c1-4-29-21(28)17-12-25(3)18-6-5-15(11-16(18)19(17)26)13(2)23-24-20(27)14-7-9-22-10-8-14/h5-12H,4H2,1-3H3,(H,24,27)/b23-13+. The van der Waals surface area contributed by atoms with Crippen LogP contribution in [0.1, 0.15) is 40.1 Å². The lowest BCUT2D eigenvalue weighted by atomic mass is 10.1. The van der Waals surface area contributed by atoms with Crippen LogP contribution in [0.4, 0.5) is 0 Å². The molecule has 0 unspecified atom stereocenters. The SMILES string of the molecule is CCOC(=O)c1cn(C)c2ccc(/C(C)=N/NC(=O)c3ccncc3)cc2c1=O. The molecule has 0 radical (unpaired) electrons. The number of hydrogen-bond donors (Lipinski definition) is 1. The Morgan fingerprint density at radius 1 is 1.17 bits per heavy atom. The van der Waals surface area contributed by atoms with Gasteiger partial charge >= 0.3 is 5.97 Å². The van der Waals surface area contributed by atoms with Crippen molar-refractivity contribution in [2.45, 2.75) is 13.8 Å². The van der Waals surface area contributed by atoms with E-state index < -0.39 is 11.4 Å². The van der Waals surface area contributed by atoms with Gasteiger partial charge < -0.3 is 9.30 Å². The predicted octanol–water partition coefficient (Wildman–Crippen LogP) is 2.26. The average molecular weight is 392 g/mol. The van der Waals surface area contributed by atoms with E-state index in [4.69, 9.17) is 4.74 Å². The van der Waals surface area contributed by atoms with Crippen LogP contribution < -0.4 is 10.9 Å². The number of pyridine rings is 2. The summed E-state index contributed by atoms with van der Waals surface area (Å²) < 4.78 is 6.67. The highest BCUT2D eigenvalue weighted by atomic mass is 16.5. The summed E-state index contributed by atoms with van der Waals surface area (Å²) in [5.41, 5.74) is 4.30. The molecular formula is C21H20N4O4. The van der Waals surface area contributed by atoms with Gasteiger partial charge in [-0.3, -0.25) is 14.6 Å². The van der Waals surface area contributed by atoms with Gasteiger partial charge in [-0.2, -0.15) is 5.10 Å². The molecule has 0 bridgehead atoms. The summed E-state index contributed by atoms with van der Waals surface area (Å²) in [6.07, 6.45) is 4.51. The van der Waals surface area contributed by atoms with E-state index in [2.05, 4.69) is 15.5 Å². The van der Waals surface area contributed by atoms with Crippen molar-refractivity contribution in [2.75, 3.05) is 6.61 Å². The van der Waals surface area contributed by atoms with Gasteiger partial charge in [0.1, 0.15) is 5.56 Å². The van der Waals surface area contributed by atoms with Gasteiger partial charge in [-0.1, -0.05) is 6.07 Å². The molecule has 1 N–H and O–H groups in total. The zero-order valence-corrected chi connectivity index (χ0v) is 16.3. The van der Waals surface area contributed by atoms with Crippen LogP contribution in [0.2, 0.25) is 0 Å². The summed E-state index contributed by atoms with van der Waals surface area (Å²) in [5.74, 6) is -1.02. The smallest absolute Gasteiger partial charge is 0.343 e. The summed E-state index contributed by atoms with van der Waals surface area (Å²) in [6, 6.07) is 8.37. The number of aromatic nitrogens is 2. The maximum absolute atomic E-state index is 12.8. The lowest BCUT2D eigenvalue weighted by Crippen LogP contribution is -2.21. The molecule has 0 spiro atoms. The highest BCUT2D eigenvalue weighted by Gasteiger charge is 2.16. The average Bonchev–Trinajstić information content (AvgIpc) is 2.74. The molecule has 2 heterocycles. The first-order valence-electron chi connectivity index (χ1n) is 8.98. The fourth-order valence-corrected chi connectivity index (χ4v) is 2.84. The number of ether oxygens (including phenoxy) is 1. The number of hydrazone groups is 1. The molecule has 0 aliphatic carbocycles. The van der Waals surface area contributed by atoms with Crippen molar-refractivity contribution in [3.8, 4) is 0 Å². The Kier molecular flexibility index (Phi) is 5.82. The van der Waals surface area contributed by atoms with Gasteiger partial charge in [-0.05, 0) is 43.7 Å². The Morgan fingerprint density at radius 2 is 1.90 bits per heavy atom. The van der Waals surface area contributed by atoms with Gasteiger partial charge in [0.15, 0.2) is 0 Å². The van der Waals surface area contributed by atoms with E-state index in [9.17, 15) is 14.4 Å². The number of rotatable bonds is 5. The number of benzene rings is 1. The number of nitrogens with zero attached hydrogens (tertiary/aromatic N) is 3. The van der Waals surface area contributed by atoms with Gasteiger partial charge in [-0.25, -0.2) is 10.2 Å². The molecule has 3 aromatic rings. The maximum atomic E-state index is 12.8. The minimum Gasteiger partial charge on any atom is -0.462 e. The van der Waals surface area contributed by atoms with Crippen LogP contribution in [-0.4, -0.2) is 33.7 Å². The first kappa shape index (κ1) is 19.9. The number of carbonyl (C=O) groups is 2. The number of esters is 1. The van der Waals surface area contributed by atoms with Gasteiger partial charge in [0.05, 0.1) is 17.8 Å². The number of hydrogen-bond acceptors (Lipinski definition) is 6. The zero-order valence-electron chi connectivity index (χ0n) is 16.3. The number of aryl methyl sites for hydroxylation is 1. The van der Waals surface area contributed by atoms with Crippen LogP contribution in [0.3, 0.4) is 0 Å². The summed E-state index contributed by atoms with van der Waals surface area (Å²) in [4.78, 5) is 40.9. The first-order valence-corrected chi connectivity index (χ1v) is 8.98. The largest absolute Gasteiger partial charge is 0.462 e. The van der Waals surface area contributed by atoms with Crippen molar-refractivity contribution in [3.63, 3.8) is 0 Å². The quantitative estimate of drug-likeness (QED) is 0.408. The Hall–Kier alpha value is -3.81. The summed E-state index contributed by atoms with van der Waals surface area (Å²) >= 11 is 0. The Balaban J connectivity index is 1.95. The van der Waals surface area contributed by atoms with Gasteiger partial charge in [0.25, 0.3) is 5.91 Å². The van der Waals surface area contributed by atoms with Crippen LogP contribution in [-0.2, 0) is 11.8 Å². The van der Waals surface area contributed by atoms with E-state index in [0.29, 0.717) is 27.7 Å². The van der Waals surface area contributed by atoms with Crippen LogP contribution in [0.15, 0.2) is 58.8 Å². The molecule has 0 fully saturated rings. The third-order valence-corrected chi connectivity index (χ3v) is 4.37. The molecule has 3 rings (SSSR count). The molecule has 0 aliphatic rings. The molecular weight excluding hydrogens is 372 g/mol. The van der Waals surface area contributed by atoms with E-state index >= 15 is 0 Å². The lowest BCUT2D eigenvalue weighted by molar-refractivity contribution is 0.0524. The van der Waals surface area contributed by atoms with Crippen LogP contribution in [0.25, 0.3) is 10.9 Å². The molecule has 0 saturated heterocycles. The van der Waals surface area contributed by atoms with Crippen molar-refractivity contribution in [1.82, 2.24) is 15.0 Å². The molecule has 0 atom stereocenters. The molecule has 1 amide bonds. The van der Waals surface area contributed by atoms with Crippen LogP contribution >= 0.6 is 0 Å². The maximum Gasteiger partial charge on any atom is 0.343 e. The molecule has 8 heteroatoms. The minimum absolute atomic E-state index is 0.0282. The van der Waals surface area contributed by atoms with E-state index in [1.165, 1.54) is 18.6 Å². The fraction of sp³-hybridized carbons (Fsp3) is 0.190. The van der Waals surface area contributed by atoms with Crippen LogP contribution in [0.5, 0.6) is 0 Å².